The number of benzene rings is 1. The van der Waals surface area contributed by atoms with Crippen LogP contribution in [0.15, 0.2) is 29.2 Å². The molecule has 0 radical (unpaired) electrons. The number of aliphatic hydroxyl groups is 1. The van der Waals surface area contributed by atoms with Crippen LogP contribution in [0.25, 0.3) is 10.9 Å². The molecule has 3 atom stereocenters. The molecule has 1 aliphatic heterocycles. The topological polar surface area (TPSA) is 57.2 Å². The minimum atomic E-state index is -10.4. The number of alkyl halides is 3. The first-order valence-corrected chi connectivity index (χ1v) is 11.8. The number of nitrogens with zero attached hydrogens (tertiary/aromatic N) is 1. The SMILES string of the molecule is O[C@@H](CNC[C@]12CC[C@H](C1)NC2)c1cc(C(F)(F)F)nc2c(S(F)(F)(F)(F)F)cccc12. The van der Waals surface area contributed by atoms with Gasteiger partial charge in [0.1, 0.15) is 10.6 Å². The van der Waals surface area contributed by atoms with Crippen molar-refractivity contribution in [2.24, 2.45) is 5.41 Å². The first kappa shape index (κ1) is 23.5. The maximum atomic E-state index is 13.5. The first-order valence-electron chi connectivity index (χ1n) is 9.85. The molecule has 4 nitrogen and oxygen atoms in total. The van der Waals surface area contributed by atoms with Crippen LogP contribution < -0.4 is 10.6 Å². The normalized spacial score (nSPS) is 26.8. The lowest BCUT2D eigenvalue weighted by atomic mass is 9.87. The Morgan fingerprint density at radius 2 is 1.94 bits per heavy atom. The number of rotatable bonds is 6. The lowest BCUT2D eigenvalue weighted by Gasteiger charge is -2.41. The van der Waals surface area contributed by atoms with Crippen molar-refractivity contribution in [1.82, 2.24) is 15.6 Å². The number of aliphatic hydroxyl groups excluding tert-OH is 1. The third-order valence-corrected chi connectivity index (χ3v) is 7.37. The molecule has 2 heterocycles. The van der Waals surface area contributed by atoms with Gasteiger partial charge < -0.3 is 15.7 Å². The standard InChI is InChI=1S/C19H21F8N3OS/c20-19(21,22)16-6-13(14(31)8-28-9-18-5-4-11(7-18)29-10-18)12-2-1-3-15(17(12)30-16)32(23,24,25,26)27/h1-3,6,11,14,28-29,31H,4-5,7-10H2/t11-,14+,18+/m1/s1. The van der Waals surface area contributed by atoms with Gasteiger partial charge in [0.25, 0.3) is 0 Å². The fourth-order valence-corrected chi connectivity index (χ4v) is 5.55. The van der Waals surface area contributed by atoms with E-state index in [1.165, 1.54) is 0 Å². The number of fused-ring (bicyclic) bond motifs is 3. The molecule has 2 aromatic rings. The molecule has 3 N–H and O–H groups in total. The van der Waals surface area contributed by atoms with E-state index in [0.717, 1.165) is 31.9 Å². The van der Waals surface area contributed by atoms with E-state index in [4.69, 9.17) is 0 Å². The number of para-hydroxylation sites is 1. The highest BCUT2D eigenvalue weighted by molar-refractivity contribution is 8.46. The molecule has 2 fully saturated rings. The summed E-state index contributed by atoms with van der Waals surface area (Å²) in [7, 11) is -10.4. The molecule has 1 saturated heterocycles. The van der Waals surface area contributed by atoms with Gasteiger partial charge in [-0.25, -0.2) is 4.98 Å². The van der Waals surface area contributed by atoms with Crippen LogP contribution in [-0.4, -0.2) is 35.8 Å². The summed E-state index contributed by atoms with van der Waals surface area (Å²) in [6.45, 7) is 0.952. The Morgan fingerprint density at radius 1 is 1.22 bits per heavy atom. The van der Waals surface area contributed by atoms with E-state index in [0.29, 0.717) is 24.7 Å². The van der Waals surface area contributed by atoms with E-state index in [2.05, 4.69) is 15.6 Å². The second-order valence-corrected chi connectivity index (χ2v) is 11.1. The maximum Gasteiger partial charge on any atom is 0.433 e. The number of halogens is 8. The Hall–Kier alpha value is -1.70. The van der Waals surface area contributed by atoms with Gasteiger partial charge in [0.15, 0.2) is 0 Å². The van der Waals surface area contributed by atoms with Gasteiger partial charge >= 0.3 is 16.4 Å². The quantitative estimate of drug-likeness (QED) is 0.456. The molecule has 1 aromatic heterocycles. The molecule has 1 saturated carbocycles. The molecule has 1 aliphatic carbocycles. The molecule has 0 spiro atoms. The van der Waals surface area contributed by atoms with E-state index in [9.17, 15) is 37.7 Å². The van der Waals surface area contributed by atoms with Crippen molar-refractivity contribution in [1.29, 1.82) is 0 Å². The van der Waals surface area contributed by atoms with Gasteiger partial charge in [-0.1, -0.05) is 31.6 Å². The minimum absolute atomic E-state index is 0.00815. The summed E-state index contributed by atoms with van der Waals surface area (Å²) >= 11 is 0. The third kappa shape index (κ3) is 4.52. The molecule has 1 aromatic carbocycles. The molecule has 0 unspecified atom stereocenters. The molecule has 2 bridgehead atoms. The van der Waals surface area contributed by atoms with Gasteiger partial charge in [-0.15, -0.1) is 0 Å². The van der Waals surface area contributed by atoms with Crippen molar-refractivity contribution >= 4 is 21.1 Å². The number of nitrogens with one attached hydrogen (secondary N) is 2. The summed E-state index contributed by atoms with van der Waals surface area (Å²) in [5.41, 5.74) is -3.92. The molecular formula is C19H21F8N3OS. The van der Waals surface area contributed by atoms with E-state index in [1.807, 2.05) is 0 Å². The van der Waals surface area contributed by atoms with Gasteiger partial charge in [0.05, 0.1) is 11.6 Å². The average molecular weight is 491 g/mol. The van der Waals surface area contributed by atoms with Crippen molar-refractivity contribution in [2.75, 3.05) is 19.6 Å². The fourth-order valence-electron chi connectivity index (χ4n) is 4.69. The third-order valence-electron chi connectivity index (χ3n) is 6.21. The van der Waals surface area contributed by atoms with E-state index < -0.39 is 49.6 Å². The minimum Gasteiger partial charge on any atom is -0.387 e. The zero-order chi connectivity index (χ0) is 23.6. The van der Waals surface area contributed by atoms with Crippen LogP contribution in [-0.2, 0) is 6.18 Å². The summed E-state index contributed by atoms with van der Waals surface area (Å²) in [5.74, 6) is 0. The van der Waals surface area contributed by atoms with Gasteiger partial charge in [-0.3, -0.25) is 0 Å². The van der Waals surface area contributed by atoms with Crippen LogP contribution in [0.4, 0.5) is 32.6 Å². The molecule has 13 heteroatoms. The highest BCUT2D eigenvalue weighted by atomic mass is 32.5. The second kappa shape index (κ2) is 6.67. The zero-order valence-corrected chi connectivity index (χ0v) is 17.3. The van der Waals surface area contributed by atoms with Gasteiger partial charge in [-0.2, -0.15) is 13.2 Å². The Balaban J connectivity index is 1.71. The zero-order valence-electron chi connectivity index (χ0n) is 16.5. The van der Waals surface area contributed by atoms with Gasteiger partial charge in [-0.05, 0) is 42.4 Å². The van der Waals surface area contributed by atoms with Crippen LogP contribution >= 0.6 is 10.2 Å². The molecule has 2 aliphatic rings. The van der Waals surface area contributed by atoms with E-state index >= 15 is 0 Å². The largest absolute Gasteiger partial charge is 0.433 e. The Kier molecular flexibility index (Phi) is 4.89. The number of hydrogen-bond donors (Lipinski definition) is 3. The predicted molar refractivity (Wildman–Crippen MR) is 104 cm³/mol. The summed E-state index contributed by atoms with van der Waals surface area (Å²) in [4.78, 5) is 0.373. The molecular weight excluding hydrogens is 470 g/mol. The molecule has 180 valence electrons. The monoisotopic (exact) mass is 491 g/mol. The lowest BCUT2D eigenvalue weighted by Crippen LogP contribution is -2.38. The van der Waals surface area contributed by atoms with Gasteiger partial charge in [0, 0.05) is 31.1 Å². The maximum absolute atomic E-state index is 13.5. The second-order valence-electron chi connectivity index (χ2n) is 8.68. The van der Waals surface area contributed by atoms with Crippen molar-refractivity contribution in [3.8, 4) is 0 Å². The Bertz CT molecular complexity index is 1050. The van der Waals surface area contributed by atoms with E-state index in [1.54, 1.807) is 0 Å². The van der Waals surface area contributed by atoms with Crippen molar-refractivity contribution in [3.63, 3.8) is 0 Å². The number of hydrogen-bond acceptors (Lipinski definition) is 4. The number of pyridine rings is 1. The molecule has 0 amide bonds. The van der Waals surface area contributed by atoms with Crippen molar-refractivity contribution in [2.45, 2.75) is 42.5 Å². The predicted octanol–water partition coefficient (Wildman–Crippen LogP) is 5.68. The highest BCUT2D eigenvalue weighted by Crippen LogP contribution is 3.02. The lowest BCUT2D eigenvalue weighted by molar-refractivity contribution is -0.141. The van der Waals surface area contributed by atoms with Crippen LogP contribution in [0.1, 0.15) is 36.6 Å². The summed E-state index contributed by atoms with van der Waals surface area (Å²) in [5, 5.41) is 16.2. The highest BCUT2D eigenvalue weighted by Gasteiger charge is 2.66. The van der Waals surface area contributed by atoms with Crippen LogP contribution in [0.2, 0.25) is 0 Å². The Morgan fingerprint density at radius 3 is 2.47 bits per heavy atom. The summed E-state index contributed by atoms with van der Waals surface area (Å²) in [6.07, 6.45) is -4.02. The molecule has 4 rings (SSSR count). The smallest absolute Gasteiger partial charge is 0.387 e. The Labute approximate surface area is 178 Å². The van der Waals surface area contributed by atoms with E-state index in [-0.39, 0.29) is 18.0 Å². The number of aromatic nitrogens is 1. The van der Waals surface area contributed by atoms with Crippen LogP contribution in [0.3, 0.4) is 0 Å². The molecule has 32 heavy (non-hydrogen) atoms. The fraction of sp³-hybridized carbons (Fsp3) is 0.526. The summed E-state index contributed by atoms with van der Waals surface area (Å²) in [6, 6.07) is 2.43. The van der Waals surface area contributed by atoms with Gasteiger partial charge in [0.2, 0.25) is 0 Å². The van der Waals surface area contributed by atoms with Crippen LogP contribution in [0, 0.1) is 5.41 Å². The van der Waals surface area contributed by atoms with Crippen LogP contribution in [0.5, 0.6) is 0 Å². The average Bonchev–Trinajstić information content (AvgIpc) is 3.25. The first-order chi connectivity index (χ1) is 14.5. The number of piperidine rings is 1. The van der Waals surface area contributed by atoms with Crippen molar-refractivity contribution in [3.05, 3.63) is 35.5 Å². The van der Waals surface area contributed by atoms with Crippen molar-refractivity contribution < 1.29 is 37.7 Å². The summed E-state index contributed by atoms with van der Waals surface area (Å²) < 4.78 is 107.